The van der Waals surface area contributed by atoms with Gasteiger partial charge in [-0.25, -0.2) is 9.82 Å². The highest BCUT2D eigenvalue weighted by Gasteiger charge is 2.14. The largest absolute Gasteiger partial charge is 0.486 e. The van der Waals surface area contributed by atoms with Gasteiger partial charge in [-0.05, 0) is 98.3 Å². The molecule has 0 radical (unpaired) electrons. The number of furan rings is 1. The molecule has 9 nitrogen and oxygen atoms in total. The second kappa shape index (κ2) is 14.1. The SMILES string of the molecule is Cc1ccc(C)n1-c1ccc(OCc2ccc(C(=O)N/N=C/c3cc(Cl)c(OCC(=O)Nc4cccc(F)c4)c(Cl)c3)o2)cc1. The van der Waals surface area contributed by atoms with E-state index < -0.39 is 24.2 Å². The summed E-state index contributed by atoms with van der Waals surface area (Å²) >= 11 is 12.6. The van der Waals surface area contributed by atoms with Crippen LogP contribution >= 0.6 is 23.2 Å². The molecule has 0 aliphatic heterocycles. The van der Waals surface area contributed by atoms with Crippen molar-refractivity contribution >= 4 is 46.9 Å². The van der Waals surface area contributed by atoms with Crippen LogP contribution in [0.5, 0.6) is 11.5 Å². The fourth-order valence-electron chi connectivity index (χ4n) is 4.41. The van der Waals surface area contributed by atoms with E-state index in [4.69, 9.17) is 37.1 Å². The zero-order valence-corrected chi connectivity index (χ0v) is 25.7. The Kier molecular flexibility index (Phi) is 9.86. The van der Waals surface area contributed by atoms with E-state index in [1.807, 2.05) is 24.3 Å². The number of carbonyl (C=O) groups is 2. The van der Waals surface area contributed by atoms with Gasteiger partial charge < -0.3 is 23.8 Å². The van der Waals surface area contributed by atoms with E-state index in [1.165, 1.54) is 42.6 Å². The molecule has 230 valence electrons. The van der Waals surface area contributed by atoms with Crippen LogP contribution in [0.25, 0.3) is 5.69 Å². The molecule has 2 aromatic heterocycles. The molecule has 0 aliphatic rings. The topological polar surface area (TPSA) is 107 Å². The van der Waals surface area contributed by atoms with Gasteiger partial charge in [0.1, 0.15) is 23.9 Å². The van der Waals surface area contributed by atoms with Crippen LogP contribution in [0.2, 0.25) is 10.0 Å². The number of hydrogen-bond donors (Lipinski definition) is 2. The van der Waals surface area contributed by atoms with Crippen molar-refractivity contribution in [1.82, 2.24) is 9.99 Å². The Morgan fingerprint density at radius 1 is 0.933 bits per heavy atom. The van der Waals surface area contributed by atoms with Crippen LogP contribution in [0.15, 0.2) is 94.4 Å². The van der Waals surface area contributed by atoms with E-state index >= 15 is 0 Å². The molecule has 0 saturated heterocycles. The van der Waals surface area contributed by atoms with E-state index in [0.29, 0.717) is 17.1 Å². The molecule has 0 atom stereocenters. The Bertz CT molecular complexity index is 1820. The number of halogens is 3. The number of anilines is 1. The van der Waals surface area contributed by atoms with Crippen molar-refractivity contribution in [2.75, 3.05) is 11.9 Å². The van der Waals surface area contributed by atoms with Gasteiger partial charge in [0.2, 0.25) is 0 Å². The average molecular weight is 650 g/mol. The Morgan fingerprint density at radius 3 is 2.33 bits per heavy atom. The molecule has 2 amide bonds. The average Bonchev–Trinajstić information content (AvgIpc) is 3.62. The molecule has 5 rings (SSSR count). The number of ether oxygens (including phenoxy) is 2. The molecule has 0 unspecified atom stereocenters. The van der Waals surface area contributed by atoms with Gasteiger partial charge in [0.25, 0.3) is 5.91 Å². The molecule has 2 N–H and O–H groups in total. The number of hydrogen-bond acceptors (Lipinski definition) is 6. The number of amides is 2. The summed E-state index contributed by atoms with van der Waals surface area (Å²) in [5.41, 5.74) is 6.45. The van der Waals surface area contributed by atoms with Crippen LogP contribution in [0, 0.1) is 19.7 Å². The van der Waals surface area contributed by atoms with Crippen molar-refractivity contribution < 1.29 is 27.9 Å². The summed E-state index contributed by atoms with van der Waals surface area (Å²) in [5, 5.41) is 6.68. The number of carbonyl (C=O) groups excluding carboxylic acids is 2. The normalized spacial score (nSPS) is 11.0. The molecule has 2 heterocycles. The van der Waals surface area contributed by atoms with Gasteiger partial charge in [-0.2, -0.15) is 5.10 Å². The first-order chi connectivity index (χ1) is 21.7. The van der Waals surface area contributed by atoms with E-state index in [-0.39, 0.29) is 33.8 Å². The first-order valence-electron chi connectivity index (χ1n) is 13.6. The second-order valence-electron chi connectivity index (χ2n) is 9.86. The number of rotatable bonds is 11. The van der Waals surface area contributed by atoms with Gasteiger partial charge in [-0.1, -0.05) is 29.3 Å². The standard InChI is InChI=1S/C33H27Cl2FN4O5/c1-20-6-7-21(2)40(20)25-8-10-26(11-9-25)43-18-27-12-13-30(45-27)33(42)39-37-17-22-14-28(34)32(29(35)15-22)44-19-31(41)38-24-5-3-4-23(36)16-24/h3-17H,18-19H2,1-2H3,(H,38,41)(H,39,42)/b37-17+. The number of aromatic nitrogens is 1. The van der Waals surface area contributed by atoms with Gasteiger partial charge in [-0.3, -0.25) is 9.59 Å². The Morgan fingerprint density at radius 2 is 1.64 bits per heavy atom. The van der Waals surface area contributed by atoms with E-state index in [0.717, 1.165) is 17.1 Å². The lowest BCUT2D eigenvalue weighted by Gasteiger charge is -2.11. The van der Waals surface area contributed by atoms with Crippen molar-refractivity contribution in [2.45, 2.75) is 20.5 Å². The maximum atomic E-state index is 13.3. The summed E-state index contributed by atoms with van der Waals surface area (Å²) < 4.78 is 32.3. The molecule has 5 aromatic rings. The smallest absolute Gasteiger partial charge is 0.307 e. The lowest BCUT2D eigenvalue weighted by Crippen LogP contribution is -2.20. The number of aryl methyl sites for hydroxylation is 2. The lowest BCUT2D eigenvalue weighted by molar-refractivity contribution is -0.118. The summed E-state index contributed by atoms with van der Waals surface area (Å²) in [6.45, 7) is 3.83. The van der Waals surface area contributed by atoms with E-state index in [2.05, 4.69) is 46.4 Å². The first kappa shape index (κ1) is 31.4. The van der Waals surface area contributed by atoms with Crippen molar-refractivity contribution in [2.24, 2.45) is 5.10 Å². The highest BCUT2D eigenvalue weighted by Crippen LogP contribution is 2.34. The van der Waals surface area contributed by atoms with E-state index in [1.54, 1.807) is 12.1 Å². The molecule has 45 heavy (non-hydrogen) atoms. The molecule has 12 heteroatoms. The highest BCUT2D eigenvalue weighted by molar-refractivity contribution is 6.37. The summed E-state index contributed by atoms with van der Waals surface area (Å²) in [7, 11) is 0. The van der Waals surface area contributed by atoms with Crippen molar-refractivity contribution in [3.05, 3.63) is 129 Å². The number of nitrogens with zero attached hydrogens (tertiary/aromatic N) is 2. The van der Waals surface area contributed by atoms with Crippen LogP contribution in [-0.4, -0.2) is 29.2 Å². The minimum atomic E-state index is -0.569. The number of hydrazone groups is 1. The third-order valence-corrected chi connectivity index (χ3v) is 7.05. The molecule has 0 bridgehead atoms. The minimum absolute atomic E-state index is 0.0518. The van der Waals surface area contributed by atoms with Gasteiger partial charge in [0.15, 0.2) is 18.1 Å². The molecule has 0 aliphatic carbocycles. The van der Waals surface area contributed by atoms with Crippen LogP contribution in [0.3, 0.4) is 0 Å². The maximum absolute atomic E-state index is 13.3. The second-order valence-corrected chi connectivity index (χ2v) is 10.7. The predicted octanol–water partition coefficient (Wildman–Crippen LogP) is 7.49. The fraction of sp³-hybridized carbons (Fsp3) is 0.121. The summed E-state index contributed by atoms with van der Waals surface area (Å²) in [6.07, 6.45) is 1.34. The molecule has 3 aromatic carbocycles. The summed E-state index contributed by atoms with van der Waals surface area (Å²) in [4.78, 5) is 24.7. The van der Waals surface area contributed by atoms with Crippen LogP contribution in [0.1, 0.15) is 33.3 Å². The monoisotopic (exact) mass is 648 g/mol. The zero-order chi connectivity index (χ0) is 31.9. The first-order valence-corrected chi connectivity index (χ1v) is 14.4. The molecular formula is C33H27Cl2FN4O5. The Hall–Kier alpha value is -5.06. The third kappa shape index (κ3) is 8.11. The summed E-state index contributed by atoms with van der Waals surface area (Å²) in [5.74, 6) is -0.318. The number of nitrogens with one attached hydrogen (secondary N) is 2. The van der Waals surface area contributed by atoms with Gasteiger partial charge in [0, 0.05) is 22.8 Å². The van der Waals surface area contributed by atoms with Gasteiger partial charge in [-0.15, -0.1) is 0 Å². The maximum Gasteiger partial charge on any atom is 0.307 e. The van der Waals surface area contributed by atoms with Crippen LogP contribution in [0.4, 0.5) is 10.1 Å². The third-order valence-electron chi connectivity index (χ3n) is 6.49. The molecule has 0 spiro atoms. The van der Waals surface area contributed by atoms with Crippen LogP contribution in [-0.2, 0) is 11.4 Å². The lowest BCUT2D eigenvalue weighted by atomic mass is 10.2. The van der Waals surface area contributed by atoms with E-state index in [9.17, 15) is 14.0 Å². The van der Waals surface area contributed by atoms with Crippen molar-refractivity contribution in [3.63, 3.8) is 0 Å². The Balaban J connectivity index is 1.10. The van der Waals surface area contributed by atoms with Crippen molar-refractivity contribution in [3.8, 4) is 17.2 Å². The summed E-state index contributed by atoms with van der Waals surface area (Å²) in [6, 6.07) is 23.5. The molecule has 0 fully saturated rings. The van der Waals surface area contributed by atoms with Gasteiger partial charge in [0.05, 0.1) is 16.3 Å². The predicted molar refractivity (Wildman–Crippen MR) is 170 cm³/mol. The fourth-order valence-corrected chi connectivity index (χ4v) is 5.03. The number of benzene rings is 3. The van der Waals surface area contributed by atoms with Crippen molar-refractivity contribution in [1.29, 1.82) is 0 Å². The van der Waals surface area contributed by atoms with Crippen LogP contribution < -0.4 is 20.2 Å². The minimum Gasteiger partial charge on any atom is -0.486 e. The quantitative estimate of drug-likeness (QED) is 0.114. The molecule has 0 saturated carbocycles. The highest BCUT2D eigenvalue weighted by atomic mass is 35.5. The van der Waals surface area contributed by atoms with Gasteiger partial charge >= 0.3 is 5.91 Å². The zero-order valence-electron chi connectivity index (χ0n) is 24.1. The molecular weight excluding hydrogens is 622 g/mol. The Labute approximate surface area is 268 Å².